The topological polar surface area (TPSA) is 105 Å². The normalized spacial score (nSPS) is 10.0. The number of nitrogens with zero attached hydrogens (tertiary/aromatic N) is 3. The summed E-state index contributed by atoms with van der Waals surface area (Å²) in [5.74, 6) is -3.19. The van der Waals surface area contributed by atoms with Crippen molar-refractivity contribution in [3.05, 3.63) is 45.2 Å². The number of esters is 1. The highest BCUT2D eigenvalue weighted by Crippen LogP contribution is 2.33. The Balaban J connectivity index is 2.92. The first-order valence-electron chi connectivity index (χ1n) is 5.94. The number of ether oxygens (including phenoxy) is 1. The van der Waals surface area contributed by atoms with E-state index < -0.39 is 23.2 Å². The average molecular weight is 381 g/mol. The van der Waals surface area contributed by atoms with Crippen LogP contribution in [0.5, 0.6) is 0 Å². The van der Waals surface area contributed by atoms with Gasteiger partial charge in [0.25, 0.3) is 0 Å². The average Bonchev–Trinajstić information content (AvgIpc) is 2.83. The molecular formula is C14H7BrF2N4O2. The van der Waals surface area contributed by atoms with Gasteiger partial charge in [-0.2, -0.15) is 10.5 Å². The molecule has 0 atom stereocenters. The van der Waals surface area contributed by atoms with Crippen LogP contribution in [0, 0.1) is 34.3 Å². The Labute approximate surface area is 137 Å². The van der Waals surface area contributed by atoms with E-state index in [1.54, 1.807) is 6.07 Å². The lowest BCUT2D eigenvalue weighted by molar-refractivity contribution is 0.0593. The van der Waals surface area contributed by atoms with Gasteiger partial charge in [-0.3, -0.25) is 0 Å². The minimum Gasteiger partial charge on any atom is -0.464 e. The number of nitrogen functional groups attached to an aromatic ring is 1. The molecule has 0 aliphatic carbocycles. The minimum absolute atomic E-state index is 0.0730. The maximum Gasteiger partial charge on any atom is 0.357 e. The fourth-order valence-electron chi connectivity index (χ4n) is 1.99. The highest BCUT2D eigenvalue weighted by molar-refractivity contribution is 9.10. The molecule has 2 aromatic rings. The summed E-state index contributed by atoms with van der Waals surface area (Å²) < 4.78 is 33.5. The largest absolute Gasteiger partial charge is 0.464 e. The van der Waals surface area contributed by atoms with Crippen LogP contribution < -0.4 is 5.73 Å². The van der Waals surface area contributed by atoms with E-state index in [2.05, 4.69) is 20.7 Å². The van der Waals surface area contributed by atoms with Gasteiger partial charge in [-0.1, -0.05) is 0 Å². The van der Waals surface area contributed by atoms with Crippen LogP contribution in [0.4, 0.5) is 14.5 Å². The summed E-state index contributed by atoms with van der Waals surface area (Å²) in [6.45, 7) is 0. The molecule has 23 heavy (non-hydrogen) atoms. The molecule has 9 heteroatoms. The SMILES string of the molecule is COC(=O)c1c(N)c(C#N)cn1-c1c(Br)cc(F)c(C#N)c1F. The summed E-state index contributed by atoms with van der Waals surface area (Å²) in [6.07, 6.45) is 1.10. The molecule has 116 valence electrons. The highest BCUT2D eigenvalue weighted by atomic mass is 79.9. The van der Waals surface area contributed by atoms with Crippen molar-refractivity contribution in [2.75, 3.05) is 12.8 Å². The number of hydrogen-bond acceptors (Lipinski definition) is 5. The second-order valence-electron chi connectivity index (χ2n) is 4.27. The molecule has 0 radical (unpaired) electrons. The van der Waals surface area contributed by atoms with Crippen molar-refractivity contribution < 1.29 is 18.3 Å². The molecular weight excluding hydrogens is 374 g/mol. The van der Waals surface area contributed by atoms with Crippen LogP contribution in [0.25, 0.3) is 5.69 Å². The Morgan fingerprint density at radius 3 is 2.57 bits per heavy atom. The summed E-state index contributed by atoms with van der Waals surface area (Å²) in [5, 5.41) is 17.9. The lowest BCUT2D eigenvalue weighted by Crippen LogP contribution is -2.13. The molecule has 1 aromatic carbocycles. The Hall–Kier alpha value is -2.91. The van der Waals surface area contributed by atoms with E-state index in [0.29, 0.717) is 0 Å². The zero-order valence-corrected chi connectivity index (χ0v) is 13.1. The third kappa shape index (κ3) is 2.51. The van der Waals surface area contributed by atoms with Crippen molar-refractivity contribution in [2.45, 2.75) is 0 Å². The van der Waals surface area contributed by atoms with Gasteiger partial charge >= 0.3 is 5.97 Å². The first-order valence-corrected chi connectivity index (χ1v) is 6.73. The van der Waals surface area contributed by atoms with Gasteiger partial charge in [0.1, 0.15) is 23.5 Å². The molecule has 0 aliphatic rings. The molecule has 0 saturated heterocycles. The lowest BCUT2D eigenvalue weighted by Gasteiger charge is -2.12. The van der Waals surface area contributed by atoms with Crippen molar-refractivity contribution in [2.24, 2.45) is 0 Å². The summed E-state index contributed by atoms with van der Waals surface area (Å²) in [7, 11) is 1.09. The Bertz CT molecular complexity index is 909. The minimum atomic E-state index is -1.20. The van der Waals surface area contributed by atoms with Crippen molar-refractivity contribution in [3.8, 4) is 17.8 Å². The monoisotopic (exact) mass is 380 g/mol. The van der Waals surface area contributed by atoms with Gasteiger partial charge in [-0.25, -0.2) is 13.6 Å². The standard InChI is InChI=1S/C14H7BrF2N4O2/c1-23-14(22)13-11(20)6(3-18)5-21(13)12-8(15)2-9(16)7(4-19)10(12)17/h2,5H,20H2,1H3. The zero-order valence-electron chi connectivity index (χ0n) is 11.5. The van der Waals surface area contributed by atoms with E-state index >= 15 is 0 Å². The third-order valence-corrected chi connectivity index (χ3v) is 3.65. The first-order chi connectivity index (χ1) is 10.9. The number of hydrogen-bond donors (Lipinski definition) is 1. The van der Waals surface area contributed by atoms with Gasteiger partial charge in [-0.05, 0) is 22.0 Å². The van der Waals surface area contributed by atoms with Crippen LogP contribution in [0.3, 0.4) is 0 Å². The number of anilines is 1. The maximum absolute atomic E-state index is 14.5. The summed E-state index contributed by atoms with van der Waals surface area (Å²) in [6, 6.07) is 4.03. The van der Waals surface area contributed by atoms with Crippen LogP contribution in [-0.4, -0.2) is 17.6 Å². The molecule has 0 amide bonds. The Kier molecular flexibility index (Phi) is 4.34. The Morgan fingerprint density at radius 1 is 1.39 bits per heavy atom. The number of nitriles is 2. The number of benzene rings is 1. The summed E-state index contributed by atoms with van der Waals surface area (Å²) >= 11 is 2.97. The molecule has 1 heterocycles. The van der Waals surface area contributed by atoms with E-state index in [4.69, 9.17) is 16.3 Å². The molecule has 0 aliphatic heterocycles. The fourth-order valence-corrected chi connectivity index (χ4v) is 2.56. The number of aromatic nitrogens is 1. The number of halogens is 3. The van der Waals surface area contributed by atoms with Gasteiger partial charge in [0, 0.05) is 10.7 Å². The van der Waals surface area contributed by atoms with Gasteiger partial charge in [0.15, 0.2) is 11.5 Å². The van der Waals surface area contributed by atoms with Gasteiger partial charge in [-0.15, -0.1) is 0 Å². The predicted octanol–water partition coefficient (Wildman–Crippen LogP) is 2.63. The van der Waals surface area contributed by atoms with Crippen molar-refractivity contribution in [3.63, 3.8) is 0 Å². The molecule has 1 aromatic heterocycles. The van der Waals surface area contributed by atoms with Crippen LogP contribution in [-0.2, 0) is 4.74 Å². The smallest absolute Gasteiger partial charge is 0.357 e. The number of carbonyl (C=O) groups excluding carboxylic acids is 1. The van der Waals surface area contributed by atoms with E-state index in [1.807, 2.05) is 0 Å². The predicted molar refractivity (Wildman–Crippen MR) is 78.6 cm³/mol. The van der Waals surface area contributed by atoms with Crippen molar-refractivity contribution in [1.82, 2.24) is 4.57 Å². The highest BCUT2D eigenvalue weighted by Gasteiger charge is 2.26. The van der Waals surface area contributed by atoms with Crippen molar-refractivity contribution in [1.29, 1.82) is 10.5 Å². The second-order valence-corrected chi connectivity index (χ2v) is 5.12. The van der Waals surface area contributed by atoms with E-state index in [9.17, 15) is 13.6 Å². The Morgan fingerprint density at radius 2 is 2.04 bits per heavy atom. The van der Waals surface area contributed by atoms with Gasteiger partial charge in [0.05, 0.1) is 24.0 Å². The number of nitrogens with two attached hydrogens (primary N) is 1. The number of rotatable bonds is 2. The maximum atomic E-state index is 14.5. The van der Waals surface area contributed by atoms with E-state index in [1.165, 1.54) is 6.07 Å². The van der Waals surface area contributed by atoms with Crippen LogP contribution in [0.1, 0.15) is 21.6 Å². The van der Waals surface area contributed by atoms with Gasteiger partial charge < -0.3 is 15.0 Å². The lowest BCUT2D eigenvalue weighted by atomic mass is 10.2. The molecule has 0 spiro atoms. The third-order valence-electron chi connectivity index (χ3n) is 3.04. The van der Waals surface area contributed by atoms with Crippen LogP contribution in [0.2, 0.25) is 0 Å². The number of methoxy groups -OCH3 is 1. The van der Waals surface area contributed by atoms with Crippen LogP contribution >= 0.6 is 15.9 Å². The quantitative estimate of drug-likeness (QED) is 0.806. The zero-order chi connectivity index (χ0) is 17.3. The second kappa shape index (κ2) is 6.07. The van der Waals surface area contributed by atoms with Gasteiger partial charge in [0.2, 0.25) is 0 Å². The molecule has 0 fully saturated rings. The summed E-state index contributed by atoms with van der Waals surface area (Å²) in [5.41, 5.74) is 3.92. The first kappa shape index (κ1) is 16.5. The number of carbonyl (C=O) groups is 1. The molecule has 0 unspecified atom stereocenters. The molecule has 2 rings (SSSR count). The summed E-state index contributed by atoms with van der Waals surface area (Å²) in [4.78, 5) is 11.9. The molecule has 6 nitrogen and oxygen atoms in total. The molecule has 0 saturated carbocycles. The van der Waals surface area contributed by atoms with E-state index in [-0.39, 0.29) is 27.1 Å². The fraction of sp³-hybridized carbons (Fsp3) is 0.0714. The molecule has 0 bridgehead atoms. The molecule has 2 N–H and O–H groups in total. The van der Waals surface area contributed by atoms with Crippen LogP contribution in [0.15, 0.2) is 16.7 Å². The van der Waals surface area contributed by atoms with E-state index in [0.717, 1.165) is 23.9 Å². The van der Waals surface area contributed by atoms with Crippen molar-refractivity contribution >= 4 is 27.6 Å².